The number of phenols is 1. The number of hydrogen-bond acceptors (Lipinski definition) is 4. The van der Waals surface area contributed by atoms with E-state index in [1.807, 2.05) is 12.1 Å². The molecule has 1 aromatic rings. The van der Waals surface area contributed by atoms with Crippen molar-refractivity contribution < 1.29 is 14.6 Å². The molecule has 4 rings (SSSR count). The number of phenolic OH excluding ortho intramolecular Hbond substituents is 1. The lowest BCUT2D eigenvalue weighted by Crippen LogP contribution is -2.51. The second-order valence-corrected chi connectivity index (χ2v) is 6.84. The van der Waals surface area contributed by atoms with Crippen LogP contribution in [0.5, 0.6) is 11.5 Å². The Balaban J connectivity index is 1.99. The smallest absolute Gasteiger partial charge is 0.169 e. The molecule has 4 nitrogen and oxygen atoms in total. The summed E-state index contributed by atoms with van der Waals surface area (Å²) < 4.78 is 11.8. The van der Waals surface area contributed by atoms with E-state index in [4.69, 9.17) is 9.47 Å². The van der Waals surface area contributed by atoms with Gasteiger partial charge in [0.15, 0.2) is 17.6 Å². The summed E-state index contributed by atoms with van der Waals surface area (Å²) in [7, 11) is 3.85. The Bertz CT molecular complexity index is 736. The summed E-state index contributed by atoms with van der Waals surface area (Å²) in [6.45, 7) is 5.40. The topological polar surface area (TPSA) is 41.9 Å². The molecule has 3 aliphatic rings. The standard InChI is InChI=1S/C19H23NO3/c1-5-20(3)13-10-11-6-8-14(21)17-16(11)19(2)12(13)7-9-15(22-4)18(19)23-17/h6-9,13,18,21H,5,10H2,1-4H3/t13-,18?,19+/m1/s1. The van der Waals surface area contributed by atoms with Crippen LogP contribution in [0.4, 0.5) is 0 Å². The predicted octanol–water partition coefficient (Wildman–Crippen LogP) is 2.76. The van der Waals surface area contributed by atoms with Gasteiger partial charge in [0.25, 0.3) is 0 Å². The van der Waals surface area contributed by atoms with Crippen LogP contribution in [0.15, 0.2) is 35.6 Å². The lowest BCUT2D eigenvalue weighted by molar-refractivity contribution is 0.112. The molecule has 0 saturated carbocycles. The van der Waals surface area contributed by atoms with Crippen LogP contribution in [-0.2, 0) is 16.6 Å². The first kappa shape index (κ1) is 14.6. The van der Waals surface area contributed by atoms with Gasteiger partial charge < -0.3 is 14.6 Å². The quantitative estimate of drug-likeness (QED) is 0.932. The Morgan fingerprint density at radius 2 is 2.17 bits per heavy atom. The third-order valence-corrected chi connectivity index (χ3v) is 5.83. The van der Waals surface area contributed by atoms with E-state index in [0.29, 0.717) is 11.8 Å². The molecule has 0 fully saturated rings. The minimum atomic E-state index is -0.282. The molecular formula is C19H23NO3. The van der Waals surface area contributed by atoms with E-state index >= 15 is 0 Å². The third-order valence-electron chi connectivity index (χ3n) is 5.83. The Kier molecular flexibility index (Phi) is 3.04. The molecule has 1 heterocycles. The van der Waals surface area contributed by atoms with Gasteiger partial charge in [-0.2, -0.15) is 0 Å². The molecule has 1 aliphatic heterocycles. The molecule has 4 heteroatoms. The summed E-state index contributed by atoms with van der Waals surface area (Å²) in [5.41, 5.74) is 3.47. The summed E-state index contributed by atoms with van der Waals surface area (Å²) in [5.74, 6) is 1.66. The summed E-state index contributed by atoms with van der Waals surface area (Å²) in [5, 5.41) is 10.3. The number of benzene rings is 1. The Morgan fingerprint density at radius 1 is 1.39 bits per heavy atom. The Morgan fingerprint density at radius 3 is 2.87 bits per heavy atom. The minimum absolute atomic E-state index is 0.206. The molecule has 1 aromatic carbocycles. The molecule has 0 aromatic heterocycles. The lowest BCUT2D eigenvalue weighted by atomic mass is 9.62. The highest BCUT2D eigenvalue weighted by atomic mass is 16.5. The van der Waals surface area contributed by atoms with Gasteiger partial charge in [-0.3, -0.25) is 4.90 Å². The fourth-order valence-electron chi connectivity index (χ4n) is 4.47. The predicted molar refractivity (Wildman–Crippen MR) is 88.8 cm³/mol. The monoisotopic (exact) mass is 313 g/mol. The van der Waals surface area contributed by atoms with E-state index in [9.17, 15) is 5.11 Å². The molecule has 0 saturated heterocycles. The van der Waals surface area contributed by atoms with Gasteiger partial charge in [-0.05, 0) is 50.2 Å². The van der Waals surface area contributed by atoms with Gasteiger partial charge in [0.05, 0.1) is 12.5 Å². The molecule has 2 aliphatic carbocycles. The molecule has 23 heavy (non-hydrogen) atoms. The van der Waals surface area contributed by atoms with Crippen molar-refractivity contribution in [3.05, 3.63) is 46.7 Å². The fraction of sp³-hybridized carbons (Fsp3) is 0.474. The first-order valence-corrected chi connectivity index (χ1v) is 8.20. The van der Waals surface area contributed by atoms with E-state index in [1.54, 1.807) is 13.2 Å². The van der Waals surface area contributed by atoms with Crippen LogP contribution >= 0.6 is 0 Å². The van der Waals surface area contributed by atoms with Crippen LogP contribution in [0.2, 0.25) is 0 Å². The molecule has 0 spiro atoms. The van der Waals surface area contributed by atoms with Gasteiger partial charge in [0.2, 0.25) is 0 Å². The average molecular weight is 313 g/mol. The van der Waals surface area contributed by atoms with Crippen LogP contribution in [-0.4, -0.2) is 42.9 Å². The van der Waals surface area contributed by atoms with E-state index < -0.39 is 0 Å². The SMILES string of the molecule is CCN(C)[C@@H]1Cc2ccc(O)c3c2[C@]2(C)C1=CC=C(OC)C2O3. The zero-order valence-electron chi connectivity index (χ0n) is 14.1. The van der Waals surface area contributed by atoms with Gasteiger partial charge in [0.1, 0.15) is 5.76 Å². The molecular weight excluding hydrogens is 290 g/mol. The second-order valence-electron chi connectivity index (χ2n) is 6.84. The maximum atomic E-state index is 10.3. The molecule has 0 bridgehead atoms. The van der Waals surface area contributed by atoms with Crippen molar-refractivity contribution >= 4 is 0 Å². The first-order chi connectivity index (χ1) is 11.0. The number of ether oxygens (including phenoxy) is 2. The van der Waals surface area contributed by atoms with Gasteiger partial charge in [0, 0.05) is 11.6 Å². The summed E-state index contributed by atoms with van der Waals surface area (Å²) in [6, 6.07) is 4.14. The van der Waals surface area contributed by atoms with E-state index in [2.05, 4.69) is 31.9 Å². The fourth-order valence-corrected chi connectivity index (χ4v) is 4.47. The highest BCUT2D eigenvalue weighted by Gasteiger charge is 2.57. The minimum Gasteiger partial charge on any atom is -0.504 e. The summed E-state index contributed by atoms with van der Waals surface area (Å²) in [6.07, 6.45) is 4.95. The number of methoxy groups -OCH3 is 1. The van der Waals surface area contributed by atoms with E-state index in [-0.39, 0.29) is 17.3 Å². The van der Waals surface area contributed by atoms with Gasteiger partial charge >= 0.3 is 0 Å². The number of rotatable bonds is 3. The zero-order chi connectivity index (χ0) is 16.4. The molecule has 1 N–H and O–H groups in total. The van der Waals surface area contributed by atoms with Crippen molar-refractivity contribution in [3.8, 4) is 11.5 Å². The van der Waals surface area contributed by atoms with Crippen LogP contribution in [0, 0.1) is 0 Å². The van der Waals surface area contributed by atoms with Crippen molar-refractivity contribution in [2.45, 2.75) is 37.8 Å². The number of hydrogen-bond donors (Lipinski definition) is 1. The van der Waals surface area contributed by atoms with Crippen molar-refractivity contribution in [1.82, 2.24) is 4.90 Å². The molecule has 0 radical (unpaired) electrons. The Hall–Kier alpha value is -1.94. The normalized spacial score (nSPS) is 30.5. The lowest BCUT2D eigenvalue weighted by Gasteiger charge is -2.46. The van der Waals surface area contributed by atoms with Crippen LogP contribution in [0.25, 0.3) is 0 Å². The number of likely N-dealkylation sites (N-methyl/N-ethyl adjacent to an activating group) is 1. The van der Waals surface area contributed by atoms with Gasteiger partial charge in [-0.1, -0.05) is 19.1 Å². The first-order valence-electron chi connectivity index (χ1n) is 8.20. The zero-order valence-corrected chi connectivity index (χ0v) is 14.1. The second kappa shape index (κ2) is 4.78. The molecule has 3 atom stereocenters. The van der Waals surface area contributed by atoms with Crippen LogP contribution in [0.3, 0.4) is 0 Å². The van der Waals surface area contributed by atoms with Crippen LogP contribution < -0.4 is 4.74 Å². The maximum absolute atomic E-state index is 10.3. The third kappa shape index (κ3) is 1.70. The number of allylic oxidation sites excluding steroid dienone is 2. The van der Waals surface area contributed by atoms with Crippen molar-refractivity contribution in [2.24, 2.45) is 0 Å². The summed E-state index contributed by atoms with van der Waals surface area (Å²) in [4.78, 5) is 2.38. The van der Waals surface area contributed by atoms with E-state index in [0.717, 1.165) is 24.3 Å². The molecule has 1 unspecified atom stereocenters. The van der Waals surface area contributed by atoms with Gasteiger partial charge in [-0.25, -0.2) is 0 Å². The highest BCUT2D eigenvalue weighted by molar-refractivity contribution is 5.66. The molecule has 122 valence electrons. The highest BCUT2D eigenvalue weighted by Crippen LogP contribution is 2.59. The number of nitrogens with zero attached hydrogens (tertiary/aromatic N) is 1. The van der Waals surface area contributed by atoms with E-state index in [1.165, 1.54) is 11.1 Å². The maximum Gasteiger partial charge on any atom is 0.169 e. The average Bonchev–Trinajstić information content (AvgIpc) is 2.88. The van der Waals surface area contributed by atoms with Crippen molar-refractivity contribution in [1.29, 1.82) is 0 Å². The molecule has 0 amide bonds. The van der Waals surface area contributed by atoms with Crippen molar-refractivity contribution in [2.75, 3.05) is 20.7 Å². The van der Waals surface area contributed by atoms with Crippen LogP contribution in [0.1, 0.15) is 25.0 Å². The van der Waals surface area contributed by atoms with Crippen molar-refractivity contribution in [3.63, 3.8) is 0 Å². The largest absolute Gasteiger partial charge is 0.504 e. The van der Waals surface area contributed by atoms with Gasteiger partial charge in [-0.15, -0.1) is 0 Å². The number of aromatic hydroxyl groups is 1. The Labute approximate surface area is 137 Å². The summed E-state index contributed by atoms with van der Waals surface area (Å²) >= 11 is 0.